The molecule has 2 N–H and O–H groups in total. The number of hydrogen-bond acceptors (Lipinski definition) is 5. The van der Waals surface area contributed by atoms with Crippen molar-refractivity contribution >= 4 is 33.5 Å². The van der Waals surface area contributed by atoms with E-state index >= 15 is 0 Å². The summed E-state index contributed by atoms with van der Waals surface area (Å²) in [5, 5.41) is 2.69. The van der Waals surface area contributed by atoms with Crippen LogP contribution >= 0.6 is 11.8 Å². The van der Waals surface area contributed by atoms with E-state index < -0.39 is 22.0 Å². The van der Waals surface area contributed by atoms with Crippen molar-refractivity contribution in [3.63, 3.8) is 0 Å². The van der Waals surface area contributed by atoms with Crippen LogP contribution in [-0.2, 0) is 14.8 Å². The normalized spacial score (nSPS) is 12.6. The van der Waals surface area contributed by atoms with Gasteiger partial charge in [-0.15, -0.1) is 0 Å². The largest absolute Gasteiger partial charge is 0.309 e. The van der Waals surface area contributed by atoms with Gasteiger partial charge in [0.1, 0.15) is 11.9 Å². The van der Waals surface area contributed by atoms with E-state index in [-0.39, 0.29) is 4.90 Å². The molecule has 1 aromatic heterocycles. The molecule has 26 heavy (non-hydrogen) atoms. The van der Waals surface area contributed by atoms with Gasteiger partial charge in [0.2, 0.25) is 15.9 Å². The van der Waals surface area contributed by atoms with Crippen molar-refractivity contribution in [2.75, 3.05) is 17.3 Å². The van der Waals surface area contributed by atoms with Crippen LogP contribution in [0.4, 0.5) is 5.82 Å². The number of sulfonamides is 1. The third-order valence-electron chi connectivity index (χ3n) is 3.72. The number of carbonyl (C=O) groups is 1. The number of hydrogen-bond donors (Lipinski definition) is 2. The van der Waals surface area contributed by atoms with Crippen LogP contribution in [0.2, 0.25) is 0 Å². The lowest BCUT2D eigenvalue weighted by atomic mass is 10.2. The van der Waals surface area contributed by atoms with E-state index in [4.69, 9.17) is 0 Å². The number of aryl methyl sites for hydroxylation is 2. The van der Waals surface area contributed by atoms with Gasteiger partial charge in [-0.25, -0.2) is 13.4 Å². The summed E-state index contributed by atoms with van der Waals surface area (Å²) in [5.74, 6) is 0.627. The van der Waals surface area contributed by atoms with Gasteiger partial charge in [0.25, 0.3) is 0 Å². The zero-order valence-corrected chi connectivity index (χ0v) is 16.7. The zero-order valence-electron chi connectivity index (χ0n) is 15.0. The first-order valence-electron chi connectivity index (χ1n) is 8.13. The van der Waals surface area contributed by atoms with Crippen LogP contribution < -0.4 is 10.0 Å². The molecule has 1 unspecified atom stereocenters. The molecular formula is C18H23N3O3S2. The fraction of sp³-hybridized carbons (Fsp3) is 0.333. The average molecular weight is 394 g/mol. The maximum absolute atomic E-state index is 12.6. The van der Waals surface area contributed by atoms with Crippen LogP contribution in [0.1, 0.15) is 17.5 Å². The number of nitrogens with zero attached hydrogens (tertiary/aromatic N) is 1. The predicted molar refractivity (Wildman–Crippen MR) is 106 cm³/mol. The number of pyridine rings is 1. The summed E-state index contributed by atoms with van der Waals surface area (Å²) in [6.45, 7) is 3.77. The Balaban J connectivity index is 2.17. The van der Waals surface area contributed by atoms with E-state index in [9.17, 15) is 13.2 Å². The second-order valence-corrected chi connectivity index (χ2v) is 8.68. The number of anilines is 1. The summed E-state index contributed by atoms with van der Waals surface area (Å²) < 4.78 is 27.7. The zero-order chi connectivity index (χ0) is 19.2. The van der Waals surface area contributed by atoms with Gasteiger partial charge in [0, 0.05) is 6.20 Å². The SMILES string of the molecule is CSCCC(NS(=O)(=O)c1ccc(C)cc1)C(=O)Nc1cc(C)ccn1. The molecule has 1 aromatic carbocycles. The van der Waals surface area contributed by atoms with Gasteiger partial charge in [-0.3, -0.25) is 4.79 Å². The molecule has 1 amide bonds. The predicted octanol–water partition coefficient (Wildman–Crippen LogP) is 2.74. The number of nitrogens with one attached hydrogen (secondary N) is 2. The number of benzene rings is 1. The smallest absolute Gasteiger partial charge is 0.243 e. The Hall–Kier alpha value is -1.90. The van der Waals surface area contributed by atoms with Crippen molar-refractivity contribution in [1.29, 1.82) is 0 Å². The molecule has 0 bridgehead atoms. The van der Waals surface area contributed by atoms with Crippen molar-refractivity contribution in [2.45, 2.75) is 31.2 Å². The lowest BCUT2D eigenvalue weighted by Gasteiger charge is -2.18. The molecule has 0 saturated carbocycles. The quantitative estimate of drug-likeness (QED) is 0.720. The van der Waals surface area contributed by atoms with Gasteiger partial charge >= 0.3 is 0 Å². The summed E-state index contributed by atoms with van der Waals surface area (Å²) in [4.78, 5) is 16.8. The summed E-state index contributed by atoms with van der Waals surface area (Å²) in [6.07, 6.45) is 3.88. The number of carbonyl (C=O) groups excluding carboxylic acids is 1. The Labute approximate surface area is 158 Å². The Kier molecular flexibility index (Phi) is 7.19. The molecule has 0 aliphatic heterocycles. The van der Waals surface area contributed by atoms with E-state index in [2.05, 4.69) is 15.0 Å². The summed E-state index contributed by atoms with van der Waals surface area (Å²) in [5.41, 5.74) is 1.92. The molecule has 0 radical (unpaired) electrons. The molecule has 0 spiro atoms. The molecule has 1 heterocycles. The molecule has 2 aromatic rings. The first kappa shape index (κ1) is 20.4. The van der Waals surface area contributed by atoms with E-state index in [1.807, 2.05) is 26.2 Å². The van der Waals surface area contributed by atoms with Crippen molar-refractivity contribution in [3.05, 3.63) is 53.7 Å². The molecule has 0 fully saturated rings. The van der Waals surface area contributed by atoms with E-state index in [1.54, 1.807) is 36.2 Å². The minimum Gasteiger partial charge on any atom is -0.309 e. The topological polar surface area (TPSA) is 88.2 Å². The molecule has 2 rings (SSSR count). The molecule has 0 aliphatic rings. The van der Waals surface area contributed by atoms with Crippen LogP contribution in [0, 0.1) is 13.8 Å². The minimum atomic E-state index is -3.79. The van der Waals surface area contributed by atoms with Gasteiger partial charge < -0.3 is 5.32 Å². The third-order valence-corrected chi connectivity index (χ3v) is 5.85. The molecule has 140 valence electrons. The highest BCUT2D eigenvalue weighted by Crippen LogP contribution is 2.13. The molecule has 8 heteroatoms. The van der Waals surface area contributed by atoms with Crippen molar-refractivity contribution < 1.29 is 13.2 Å². The molecule has 0 saturated heterocycles. The maximum atomic E-state index is 12.6. The highest BCUT2D eigenvalue weighted by Gasteiger charge is 2.25. The summed E-state index contributed by atoms with van der Waals surface area (Å²) in [7, 11) is -3.79. The Morgan fingerprint density at radius 2 is 1.85 bits per heavy atom. The average Bonchev–Trinajstić information content (AvgIpc) is 2.59. The third kappa shape index (κ3) is 5.82. The van der Waals surface area contributed by atoms with Crippen LogP contribution in [0.15, 0.2) is 47.5 Å². The molecule has 1 atom stereocenters. The Morgan fingerprint density at radius 1 is 1.15 bits per heavy atom. The van der Waals surface area contributed by atoms with Crippen LogP contribution in [-0.4, -0.2) is 37.4 Å². The highest BCUT2D eigenvalue weighted by atomic mass is 32.2. The van der Waals surface area contributed by atoms with E-state index in [0.29, 0.717) is 18.0 Å². The fourth-order valence-corrected chi connectivity index (χ4v) is 3.97. The molecule has 0 aliphatic carbocycles. The van der Waals surface area contributed by atoms with Crippen LogP contribution in [0.5, 0.6) is 0 Å². The van der Waals surface area contributed by atoms with Gasteiger partial charge in [0.15, 0.2) is 0 Å². The number of rotatable bonds is 8. The standard InChI is InChI=1S/C18H23N3O3S2/c1-13-4-6-15(7-5-13)26(23,24)21-16(9-11-25-3)18(22)20-17-12-14(2)8-10-19-17/h4-8,10,12,16,21H,9,11H2,1-3H3,(H,19,20,22). The first-order chi connectivity index (χ1) is 12.3. The fourth-order valence-electron chi connectivity index (χ4n) is 2.27. The van der Waals surface area contributed by atoms with Crippen LogP contribution in [0.25, 0.3) is 0 Å². The van der Waals surface area contributed by atoms with Gasteiger partial charge in [-0.05, 0) is 62.1 Å². The van der Waals surface area contributed by atoms with Gasteiger partial charge in [-0.2, -0.15) is 16.5 Å². The monoisotopic (exact) mass is 393 g/mol. The Morgan fingerprint density at radius 3 is 2.46 bits per heavy atom. The lowest BCUT2D eigenvalue weighted by molar-refractivity contribution is -0.117. The second-order valence-electron chi connectivity index (χ2n) is 5.98. The second kappa shape index (κ2) is 9.16. The maximum Gasteiger partial charge on any atom is 0.243 e. The highest BCUT2D eigenvalue weighted by molar-refractivity contribution is 7.98. The lowest BCUT2D eigenvalue weighted by Crippen LogP contribution is -2.44. The Bertz CT molecular complexity index is 852. The van der Waals surface area contributed by atoms with Crippen molar-refractivity contribution in [1.82, 2.24) is 9.71 Å². The van der Waals surface area contributed by atoms with Crippen LogP contribution in [0.3, 0.4) is 0 Å². The summed E-state index contributed by atoms with van der Waals surface area (Å²) in [6, 6.07) is 9.19. The minimum absolute atomic E-state index is 0.138. The first-order valence-corrected chi connectivity index (χ1v) is 11.0. The van der Waals surface area contributed by atoms with Crippen molar-refractivity contribution in [2.24, 2.45) is 0 Å². The number of amides is 1. The van der Waals surface area contributed by atoms with E-state index in [0.717, 1.165) is 11.1 Å². The van der Waals surface area contributed by atoms with Gasteiger partial charge in [-0.1, -0.05) is 17.7 Å². The van der Waals surface area contributed by atoms with Crippen molar-refractivity contribution in [3.8, 4) is 0 Å². The molecular weight excluding hydrogens is 370 g/mol. The number of aromatic nitrogens is 1. The number of thioether (sulfide) groups is 1. The van der Waals surface area contributed by atoms with Gasteiger partial charge in [0.05, 0.1) is 4.90 Å². The summed E-state index contributed by atoms with van der Waals surface area (Å²) >= 11 is 1.55. The van der Waals surface area contributed by atoms with E-state index in [1.165, 1.54) is 12.1 Å². The molecule has 6 nitrogen and oxygen atoms in total.